The summed E-state index contributed by atoms with van der Waals surface area (Å²) in [5.41, 5.74) is 3.36. The molecular formula is C12H9N2. The van der Waals surface area contributed by atoms with E-state index in [1.807, 2.05) is 36.7 Å². The Kier molecular flexibility index (Phi) is 1.53. The topological polar surface area (TPSA) is 17.3 Å². The third kappa shape index (κ3) is 1.08. The van der Waals surface area contributed by atoms with Gasteiger partial charge in [-0.3, -0.25) is 4.99 Å². The Morgan fingerprint density at radius 1 is 1.29 bits per heavy atom. The summed E-state index contributed by atoms with van der Waals surface area (Å²) in [5, 5.41) is 0. The van der Waals surface area contributed by atoms with Crippen LogP contribution >= 0.6 is 0 Å². The zero-order valence-corrected chi connectivity index (χ0v) is 7.64. The first kappa shape index (κ1) is 7.56. The Morgan fingerprint density at radius 3 is 3.21 bits per heavy atom. The highest BCUT2D eigenvalue weighted by atomic mass is 15.0. The Hall–Kier alpha value is -1.83. The summed E-state index contributed by atoms with van der Waals surface area (Å²) in [7, 11) is 0. The number of aliphatic imine (C=N–C) groups is 1. The van der Waals surface area contributed by atoms with Gasteiger partial charge in [-0.15, -0.1) is 0 Å². The summed E-state index contributed by atoms with van der Waals surface area (Å²) in [6.07, 6.45) is 3.90. The molecule has 0 saturated heterocycles. The highest BCUT2D eigenvalue weighted by Crippen LogP contribution is 2.22. The second-order valence-corrected chi connectivity index (χ2v) is 3.36. The van der Waals surface area contributed by atoms with E-state index in [0.717, 1.165) is 17.9 Å². The molecule has 0 amide bonds. The molecule has 2 aromatic rings. The minimum Gasteiger partial charge on any atom is -0.342 e. The first-order valence-corrected chi connectivity index (χ1v) is 4.62. The Bertz CT molecular complexity index is 495. The first-order valence-electron chi connectivity index (χ1n) is 4.62. The van der Waals surface area contributed by atoms with E-state index >= 15 is 0 Å². The van der Waals surface area contributed by atoms with Crippen molar-refractivity contribution in [2.75, 3.05) is 0 Å². The van der Waals surface area contributed by atoms with Crippen LogP contribution in [0.25, 0.3) is 0 Å². The fraction of sp³-hybridized carbons (Fsp3) is 0.0833. The monoisotopic (exact) mass is 181 g/mol. The van der Waals surface area contributed by atoms with Crippen molar-refractivity contribution in [3.8, 4) is 0 Å². The molecule has 0 saturated carbocycles. The maximum absolute atomic E-state index is 4.42. The van der Waals surface area contributed by atoms with Crippen molar-refractivity contribution in [3.63, 3.8) is 0 Å². The molecule has 0 atom stereocenters. The van der Waals surface area contributed by atoms with Gasteiger partial charge in [0.1, 0.15) is 0 Å². The average molecular weight is 181 g/mol. The van der Waals surface area contributed by atoms with Crippen LogP contribution in [-0.4, -0.2) is 10.8 Å². The summed E-state index contributed by atoms with van der Waals surface area (Å²) in [5.74, 6) is 0. The van der Waals surface area contributed by atoms with Crippen LogP contribution in [0.4, 0.5) is 5.69 Å². The molecule has 1 aliphatic rings. The molecule has 2 heterocycles. The summed E-state index contributed by atoms with van der Waals surface area (Å²) < 4.78 is 2.15. The number of hydrogen-bond acceptors (Lipinski definition) is 1. The third-order valence-corrected chi connectivity index (χ3v) is 2.45. The lowest BCUT2D eigenvalue weighted by Gasteiger charge is -2.04. The minimum atomic E-state index is 0.884. The van der Waals surface area contributed by atoms with Gasteiger partial charge in [-0.2, -0.15) is 0 Å². The van der Waals surface area contributed by atoms with Crippen LogP contribution in [-0.2, 0) is 6.54 Å². The van der Waals surface area contributed by atoms with Crippen LogP contribution in [0.3, 0.4) is 0 Å². The molecule has 1 aromatic carbocycles. The largest absolute Gasteiger partial charge is 0.342 e. The smallest absolute Gasteiger partial charge is 0.0680 e. The van der Waals surface area contributed by atoms with Crippen molar-refractivity contribution in [3.05, 3.63) is 53.9 Å². The van der Waals surface area contributed by atoms with Crippen LogP contribution in [0, 0.1) is 6.07 Å². The first-order chi connectivity index (χ1) is 6.93. The predicted molar refractivity (Wildman–Crippen MR) is 56.1 cm³/mol. The van der Waals surface area contributed by atoms with Gasteiger partial charge in [-0.05, 0) is 17.7 Å². The Balaban J connectivity index is 2.19. The van der Waals surface area contributed by atoms with Crippen molar-refractivity contribution >= 4 is 11.9 Å². The fourth-order valence-corrected chi connectivity index (χ4v) is 1.71. The molecule has 1 aliphatic heterocycles. The molecule has 0 aliphatic carbocycles. The summed E-state index contributed by atoms with van der Waals surface area (Å²) >= 11 is 0. The maximum Gasteiger partial charge on any atom is 0.0680 e. The summed E-state index contributed by atoms with van der Waals surface area (Å²) in [4.78, 5) is 4.42. The summed E-state index contributed by atoms with van der Waals surface area (Å²) in [6, 6.07) is 13.3. The molecule has 2 nitrogen and oxygen atoms in total. The molecule has 1 radical (unpaired) electrons. The molecule has 0 spiro atoms. The minimum absolute atomic E-state index is 0.884. The lowest BCUT2D eigenvalue weighted by atomic mass is 10.2. The number of hydrogen-bond donors (Lipinski definition) is 0. The third-order valence-electron chi connectivity index (χ3n) is 2.45. The van der Waals surface area contributed by atoms with Crippen molar-refractivity contribution in [2.45, 2.75) is 6.54 Å². The predicted octanol–water partition coefficient (Wildman–Crippen LogP) is 2.40. The van der Waals surface area contributed by atoms with E-state index in [9.17, 15) is 0 Å². The van der Waals surface area contributed by atoms with Gasteiger partial charge < -0.3 is 4.57 Å². The molecule has 0 N–H and O–H groups in total. The van der Waals surface area contributed by atoms with Gasteiger partial charge in [-0.1, -0.05) is 18.2 Å². The number of para-hydroxylation sites is 1. The van der Waals surface area contributed by atoms with Crippen LogP contribution in [0.1, 0.15) is 11.3 Å². The zero-order chi connectivity index (χ0) is 9.38. The van der Waals surface area contributed by atoms with E-state index in [1.54, 1.807) is 0 Å². The number of rotatable bonds is 0. The molecule has 0 fully saturated rings. The van der Waals surface area contributed by atoms with E-state index in [1.165, 1.54) is 5.56 Å². The van der Waals surface area contributed by atoms with Crippen LogP contribution in [0.15, 0.2) is 41.5 Å². The second-order valence-electron chi connectivity index (χ2n) is 3.36. The van der Waals surface area contributed by atoms with Gasteiger partial charge in [0.05, 0.1) is 17.6 Å². The van der Waals surface area contributed by atoms with E-state index in [4.69, 9.17) is 0 Å². The van der Waals surface area contributed by atoms with Gasteiger partial charge in [0.25, 0.3) is 0 Å². The molecule has 2 heteroatoms. The normalized spacial score (nSPS) is 13.1. The average Bonchev–Trinajstić information content (AvgIpc) is 2.58. The zero-order valence-electron chi connectivity index (χ0n) is 7.64. The van der Waals surface area contributed by atoms with Gasteiger partial charge in [0, 0.05) is 18.8 Å². The number of fused-ring (bicyclic) bond motifs is 2. The van der Waals surface area contributed by atoms with Crippen molar-refractivity contribution in [2.24, 2.45) is 4.99 Å². The number of aromatic nitrogens is 1. The lowest BCUT2D eigenvalue weighted by Crippen LogP contribution is -1.99. The molecule has 14 heavy (non-hydrogen) atoms. The lowest BCUT2D eigenvalue weighted by molar-refractivity contribution is 0.805. The van der Waals surface area contributed by atoms with Crippen molar-refractivity contribution in [1.82, 2.24) is 4.57 Å². The second kappa shape index (κ2) is 2.84. The van der Waals surface area contributed by atoms with Crippen LogP contribution in [0.2, 0.25) is 0 Å². The van der Waals surface area contributed by atoms with E-state index in [0.29, 0.717) is 0 Å². The van der Waals surface area contributed by atoms with E-state index in [-0.39, 0.29) is 0 Å². The SMILES string of the molecule is [c]1ccn2c1C=Nc1ccccc1C2. The highest BCUT2D eigenvalue weighted by Gasteiger charge is 2.07. The highest BCUT2D eigenvalue weighted by molar-refractivity contribution is 5.81. The molecule has 1 aromatic heterocycles. The van der Waals surface area contributed by atoms with Gasteiger partial charge >= 0.3 is 0 Å². The Labute approximate surface area is 82.5 Å². The maximum atomic E-state index is 4.42. The van der Waals surface area contributed by atoms with Crippen LogP contribution < -0.4 is 0 Å². The van der Waals surface area contributed by atoms with Crippen molar-refractivity contribution < 1.29 is 0 Å². The molecule has 3 rings (SSSR count). The van der Waals surface area contributed by atoms with Gasteiger partial charge in [-0.25, -0.2) is 0 Å². The van der Waals surface area contributed by atoms with Gasteiger partial charge in [0.2, 0.25) is 0 Å². The van der Waals surface area contributed by atoms with E-state index < -0.39 is 0 Å². The van der Waals surface area contributed by atoms with Gasteiger partial charge in [0.15, 0.2) is 0 Å². The van der Waals surface area contributed by atoms with Crippen LogP contribution in [0.5, 0.6) is 0 Å². The molecular weight excluding hydrogens is 172 g/mol. The number of nitrogens with zero attached hydrogens (tertiary/aromatic N) is 2. The quantitative estimate of drug-likeness (QED) is 0.506. The molecule has 67 valence electrons. The summed E-state index contributed by atoms with van der Waals surface area (Å²) in [6.45, 7) is 0.884. The fourth-order valence-electron chi connectivity index (χ4n) is 1.71. The Morgan fingerprint density at radius 2 is 2.21 bits per heavy atom. The molecule has 0 bridgehead atoms. The number of benzene rings is 1. The molecule has 0 unspecified atom stereocenters. The van der Waals surface area contributed by atoms with E-state index in [2.05, 4.69) is 21.7 Å². The van der Waals surface area contributed by atoms with Crippen molar-refractivity contribution in [1.29, 1.82) is 0 Å². The standard InChI is InChI=1S/C12H9N2/c1-2-6-12-10(4-1)9-14-7-3-5-11(14)8-13-12/h1-4,6-8H,9H2.